The topological polar surface area (TPSA) is 52.0 Å². The summed E-state index contributed by atoms with van der Waals surface area (Å²) in [7, 11) is 0. The van der Waals surface area contributed by atoms with Crippen LogP contribution in [0.4, 0.5) is 0 Å². The quantitative estimate of drug-likeness (QED) is 0.797. The summed E-state index contributed by atoms with van der Waals surface area (Å²) in [6.07, 6.45) is 0.842. The Morgan fingerprint density at radius 1 is 1.13 bits per heavy atom. The molecule has 0 saturated carbocycles. The van der Waals surface area contributed by atoms with E-state index in [-0.39, 0.29) is 11.5 Å². The molecule has 2 heteroatoms. The lowest BCUT2D eigenvalue weighted by atomic mass is 9.86. The minimum absolute atomic E-state index is 0.0732. The zero-order valence-electron chi connectivity index (χ0n) is 9.96. The lowest BCUT2D eigenvalue weighted by Crippen LogP contribution is -2.16. The Morgan fingerprint density at radius 2 is 1.67 bits per heavy atom. The molecule has 84 valence electrons. The predicted octanol–water partition coefficient (Wildman–Crippen LogP) is 2.33. The molecule has 0 aliphatic rings. The molecule has 1 aromatic carbocycles. The van der Waals surface area contributed by atoms with Crippen LogP contribution in [0.3, 0.4) is 0 Å². The maximum Gasteiger partial charge on any atom is 0.0306 e. The number of nitrogens with two attached hydrogens (primary N) is 2. The fourth-order valence-electron chi connectivity index (χ4n) is 1.58. The van der Waals surface area contributed by atoms with Crippen LogP contribution in [-0.4, -0.2) is 6.54 Å². The van der Waals surface area contributed by atoms with E-state index in [4.69, 9.17) is 11.5 Å². The van der Waals surface area contributed by atoms with Gasteiger partial charge in [-0.15, -0.1) is 0 Å². The first-order valence-corrected chi connectivity index (χ1v) is 5.51. The van der Waals surface area contributed by atoms with Gasteiger partial charge in [-0.2, -0.15) is 0 Å². The van der Waals surface area contributed by atoms with E-state index in [9.17, 15) is 0 Å². The Kier molecular flexibility index (Phi) is 3.89. The summed E-state index contributed by atoms with van der Waals surface area (Å²) in [5.74, 6) is 0. The van der Waals surface area contributed by atoms with Gasteiger partial charge in [-0.25, -0.2) is 0 Å². The van der Waals surface area contributed by atoms with Crippen molar-refractivity contribution in [3.8, 4) is 0 Å². The number of benzene rings is 1. The maximum absolute atomic E-state index is 5.98. The molecule has 1 unspecified atom stereocenters. The van der Waals surface area contributed by atoms with Crippen LogP contribution in [0.2, 0.25) is 0 Å². The maximum atomic E-state index is 5.98. The molecule has 4 N–H and O–H groups in total. The summed E-state index contributed by atoms with van der Waals surface area (Å²) in [6.45, 7) is 7.27. The van der Waals surface area contributed by atoms with E-state index in [0.717, 1.165) is 6.42 Å². The van der Waals surface area contributed by atoms with Crippen molar-refractivity contribution in [3.63, 3.8) is 0 Å². The van der Waals surface area contributed by atoms with E-state index in [1.807, 2.05) is 0 Å². The minimum Gasteiger partial charge on any atom is -0.330 e. The Labute approximate surface area is 92.7 Å². The Balaban J connectivity index is 2.81. The Morgan fingerprint density at radius 3 is 2.07 bits per heavy atom. The second-order valence-corrected chi connectivity index (χ2v) is 5.06. The fourth-order valence-corrected chi connectivity index (χ4v) is 1.58. The highest BCUT2D eigenvalue weighted by Crippen LogP contribution is 2.23. The van der Waals surface area contributed by atoms with Gasteiger partial charge in [0.25, 0.3) is 0 Å². The van der Waals surface area contributed by atoms with Crippen LogP contribution < -0.4 is 11.5 Å². The van der Waals surface area contributed by atoms with Gasteiger partial charge < -0.3 is 11.5 Å². The lowest BCUT2D eigenvalue weighted by Gasteiger charge is -2.20. The van der Waals surface area contributed by atoms with Gasteiger partial charge in [0.1, 0.15) is 0 Å². The molecule has 0 heterocycles. The fraction of sp³-hybridized carbons (Fsp3) is 0.538. The molecule has 0 spiro atoms. The van der Waals surface area contributed by atoms with Gasteiger partial charge in [0.05, 0.1) is 0 Å². The summed E-state index contributed by atoms with van der Waals surface area (Å²) in [4.78, 5) is 0. The smallest absolute Gasteiger partial charge is 0.0306 e. The van der Waals surface area contributed by atoms with E-state index in [0.29, 0.717) is 6.54 Å². The predicted molar refractivity (Wildman–Crippen MR) is 65.7 cm³/mol. The molecule has 1 atom stereocenters. The van der Waals surface area contributed by atoms with Crippen LogP contribution >= 0.6 is 0 Å². The molecule has 0 aliphatic heterocycles. The average Bonchev–Trinajstić information content (AvgIpc) is 2.17. The normalized spacial score (nSPS) is 13.9. The molecule has 15 heavy (non-hydrogen) atoms. The zero-order valence-corrected chi connectivity index (χ0v) is 9.96. The molecule has 0 fully saturated rings. The van der Waals surface area contributed by atoms with E-state index >= 15 is 0 Å². The average molecular weight is 206 g/mol. The van der Waals surface area contributed by atoms with Crippen molar-refractivity contribution in [2.24, 2.45) is 11.5 Å². The third kappa shape index (κ3) is 3.33. The molecule has 0 aromatic heterocycles. The third-order valence-corrected chi connectivity index (χ3v) is 2.68. The molecule has 2 nitrogen and oxygen atoms in total. The van der Waals surface area contributed by atoms with Crippen molar-refractivity contribution in [3.05, 3.63) is 35.4 Å². The van der Waals surface area contributed by atoms with Gasteiger partial charge >= 0.3 is 0 Å². The van der Waals surface area contributed by atoms with Crippen LogP contribution in [-0.2, 0) is 5.41 Å². The van der Waals surface area contributed by atoms with Crippen LogP contribution in [0.25, 0.3) is 0 Å². The summed E-state index contributed by atoms with van der Waals surface area (Å²) >= 11 is 0. The summed E-state index contributed by atoms with van der Waals surface area (Å²) in [5.41, 5.74) is 14.2. The first-order valence-electron chi connectivity index (χ1n) is 5.51. The van der Waals surface area contributed by atoms with Crippen LogP contribution in [0.15, 0.2) is 24.3 Å². The number of hydrogen-bond donors (Lipinski definition) is 2. The summed E-state index contributed by atoms with van der Waals surface area (Å²) < 4.78 is 0. The summed E-state index contributed by atoms with van der Waals surface area (Å²) in [5, 5.41) is 0. The van der Waals surface area contributed by atoms with E-state index in [2.05, 4.69) is 45.0 Å². The first kappa shape index (κ1) is 12.2. The van der Waals surface area contributed by atoms with Crippen LogP contribution in [0.1, 0.15) is 44.4 Å². The Bertz CT molecular complexity index is 295. The molecule has 0 saturated heterocycles. The molecule has 1 aromatic rings. The number of hydrogen-bond acceptors (Lipinski definition) is 2. The van der Waals surface area contributed by atoms with Crippen molar-refractivity contribution >= 4 is 0 Å². The molecule has 0 bridgehead atoms. The highest BCUT2D eigenvalue weighted by molar-refractivity contribution is 5.29. The molecule has 1 rings (SSSR count). The molecule has 0 aliphatic carbocycles. The molecular formula is C13H22N2. The van der Waals surface area contributed by atoms with E-state index in [1.54, 1.807) is 0 Å². The second-order valence-electron chi connectivity index (χ2n) is 5.06. The van der Waals surface area contributed by atoms with Gasteiger partial charge in [-0.3, -0.25) is 0 Å². The zero-order chi connectivity index (χ0) is 11.5. The standard InChI is InChI=1S/C13H22N2/c1-13(2,3)11-6-4-10(5-7-11)12(15)8-9-14/h4-7,12H,8-9,14-15H2,1-3H3. The SMILES string of the molecule is CC(C)(C)c1ccc(C(N)CCN)cc1. The van der Waals surface area contributed by atoms with Gasteiger partial charge in [0.2, 0.25) is 0 Å². The van der Waals surface area contributed by atoms with Gasteiger partial charge in [0.15, 0.2) is 0 Å². The van der Waals surface area contributed by atoms with Crippen molar-refractivity contribution in [2.75, 3.05) is 6.54 Å². The monoisotopic (exact) mass is 206 g/mol. The summed E-state index contributed by atoms with van der Waals surface area (Å²) in [6, 6.07) is 8.61. The third-order valence-electron chi connectivity index (χ3n) is 2.68. The lowest BCUT2D eigenvalue weighted by molar-refractivity contribution is 0.588. The molecular weight excluding hydrogens is 184 g/mol. The van der Waals surface area contributed by atoms with Crippen molar-refractivity contribution < 1.29 is 0 Å². The minimum atomic E-state index is 0.0732. The molecule has 0 radical (unpaired) electrons. The van der Waals surface area contributed by atoms with Gasteiger partial charge in [-0.05, 0) is 29.5 Å². The number of rotatable bonds is 3. The first-order chi connectivity index (χ1) is 6.95. The van der Waals surface area contributed by atoms with Gasteiger partial charge in [-0.1, -0.05) is 45.0 Å². The van der Waals surface area contributed by atoms with Gasteiger partial charge in [0, 0.05) is 6.04 Å². The van der Waals surface area contributed by atoms with Crippen molar-refractivity contribution in [1.29, 1.82) is 0 Å². The van der Waals surface area contributed by atoms with Crippen LogP contribution in [0.5, 0.6) is 0 Å². The highest BCUT2D eigenvalue weighted by Gasteiger charge is 2.13. The van der Waals surface area contributed by atoms with Crippen LogP contribution in [0, 0.1) is 0 Å². The Hall–Kier alpha value is -0.860. The largest absolute Gasteiger partial charge is 0.330 e. The van der Waals surface area contributed by atoms with Crippen molar-refractivity contribution in [2.45, 2.75) is 38.6 Å². The van der Waals surface area contributed by atoms with E-state index < -0.39 is 0 Å². The highest BCUT2D eigenvalue weighted by atomic mass is 14.7. The second kappa shape index (κ2) is 4.77. The molecule has 0 amide bonds. The van der Waals surface area contributed by atoms with E-state index in [1.165, 1.54) is 11.1 Å². The van der Waals surface area contributed by atoms with Crippen molar-refractivity contribution in [1.82, 2.24) is 0 Å².